The molecule has 0 aromatic rings. The quantitative estimate of drug-likeness (QED) is 0.713. The highest BCUT2D eigenvalue weighted by molar-refractivity contribution is 5.69. The van der Waals surface area contributed by atoms with Gasteiger partial charge in [-0.1, -0.05) is 0 Å². The lowest BCUT2D eigenvalue weighted by Gasteiger charge is -2.34. The maximum absolute atomic E-state index is 11.0. The fourth-order valence-corrected chi connectivity index (χ4v) is 2.27. The number of hydrogen-bond acceptors (Lipinski definition) is 4. The number of esters is 1. The van der Waals surface area contributed by atoms with Crippen molar-refractivity contribution >= 4 is 5.97 Å². The molecule has 0 amide bonds. The summed E-state index contributed by atoms with van der Waals surface area (Å²) in [5, 5.41) is 0. The topological polar surface area (TPSA) is 55.6 Å². The molecular formula is C12H24N2O2. The lowest BCUT2D eigenvalue weighted by Crippen LogP contribution is -2.42. The average molecular weight is 228 g/mol. The Kier molecular flexibility index (Phi) is 5.77. The van der Waals surface area contributed by atoms with Gasteiger partial charge in [0.25, 0.3) is 0 Å². The van der Waals surface area contributed by atoms with Crippen molar-refractivity contribution in [1.29, 1.82) is 0 Å². The summed E-state index contributed by atoms with van der Waals surface area (Å²) in [5.41, 5.74) is 5.93. The second-order valence-electron chi connectivity index (χ2n) is 4.74. The summed E-state index contributed by atoms with van der Waals surface area (Å²) < 4.78 is 4.62. The van der Waals surface area contributed by atoms with E-state index in [2.05, 4.69) is 16.6 Å². The molecule has 0 bridgehead atoms. The van der Waals surface area contributed by atoms with E-state index in [9.17, 15) is 4.79 Å². The first kappa shape index (κ1) is 13.5. The molecule has 1 fully saturated rings. The second-order valence-corrected chi connectivity index (χ2v) is 4.74. The number of piperidine rings is 1. The first-order valence-corrected chi connectivity index (χ1v) is 6.18. The van der Waals surface area contributed by atoms with Crippen molar-refractivity contribution in [3.63, 3.8) is 0 Å². The molecule has 0 saturated carbocycles. The Morgan fingerprint density at radius 2 is 2.38 bits per heavy atom. The fraction of sp³-hybridized carbons (Fsp3) is 0.917. The van der Waals surface area contributed by atoms with Crippen molar-refractivity contribution in [2.45, 2.75) is 38.6 Å². The zero-order chi connectivity index (χ0) is 12.0. The third-order valence-electron chi connectivity index (χ3n) is 3.37. The van der Waals surface area contributed by atoms with E-state index in [0.717, 1.165) is 26.1 Å². The molecule has 1 rings (SSSR count). The number of nitrogens with two attached hydrogens (primary N) is 1. The number of hydrogen-bond donors (Lipinski definition) is 1. The molecular weight excluding hydrogens is 204 g/mol. The monoisotopic (exact) mass is 228 g/mol. The standard InChI is InChI=1S/C12H24N2O2/c1-10(13)11-5-3-7-14(9-11)8-4-6-12(15)16-2/h10-11H,3-9,13H2,1-2H3. The summed E-state index contributed by atoms with van der Waals surface area (Å²) >= 11 is 0. The maximum atomic E-state index is 11.0. The van der Waals surface area contributed by atoms with Gasteiger partial charge in [0.15, 0.2) is 0 Å². The fourth-order valence-electron chi connectivity index (χ4n) is 2.27. The van der Waals surface area contributed by atoms with Gasteiger partial charge in [-0.3, -0.25) is 4.79 Å². The van der Waals surface area contributed by atoms with Crippen LogP contribution in [0.1, 0.15) is 32.6 Å². The molecule has 2 unspecified atom stereocenters. The lowest BCUT2D eigenvalue weighted by atomic mass is 9.92. The highest BCUT2D eigenvalue weighted by atomic mass is 16.5. The molecule has 0 radical (unpaired) electrons. The minimum absolute atomic E-state index is 0.110. The van der Waals surface area contributed by atoms with E-state index in [-0.39, 0.29) is 12.0 Å². The van der Waals surface area contributed by atoms with E-state index in [0.29, 0.717) is 12.3 Å². The van der Waals surface area contributed by atoms with Crippen LogP contribution in [-0.2, 0) is 9.53 Å². The molecule has 0 aromatic carbocycles. The molecule has 16 heavy (non-hydrogen) atoms. The Labute approximate surface area is 98.1 Å². The normalized spacial score (nSPS) is 24.1. The number of ether oxygens (including phenoxy) is 1. The molecule has 0 spiro atoms. The van der Waals surface area contributed by atoms with Gasteiger partial charge in [-0.15, -0.1) is 0 Å². The Morgan fingerprint density at radius 1 is 1.62 bits per heavy atom. The van der Waals surface area contributed by atoms with Crippen LogP contribution in [0.4, 0.5) is 0 Å². The van der Waals surface area contributed by atoms with Crippen molar-refractivity contribution in [2.75, 3.05) is 26.7 Å². The van der Waals surface area contributed by atoms with Gasteiger partial charge in [-0.2, -0.15) is 0 Å². The number of likely N-dealkylation sites (tertiary alicyclic amines) is 1. The number of nitrogens with zero attached hydrogens (tertiary/aromatic N) is 1. The van der Waals surface area contributed by atoms with Crippen molar-refractivity contribution < 1.29 is 9.53 Å². The second kappa shape index (κ2) is 6.86. The summed E-state index contributed by atoms with van der Waals surface area (Å²) in [7, 11) is 1.44. The Balaban J connectivity index is 2.19. The molecule has 0 aliphatic carbocycles. The predicted molar refractivity (Wildman–Crippen MR) is 64.1 cm³/mol. The van der Waals surface area contributed by atoms with Crippen LogP contribution >= 0.6 is 0 Å². The predicted octanol–water partition coefficient (Wildman–Crippen LogP) is 0.999. The van der Waals surface area contributed by atoms with Crippen molar-refractivity contribution in [3.05, 3.63) is 0 Å². The van der Waals surface area contributed by atoms with Gasteiger partial charge in [-0.25, -0.2) is 0 Å². The van der Waals surface area contributed by atoms with Crippen LogP contribution in [0.5, 0.6) is 0 Å². The smallest absolute Gasteiger partial charge is 0.305 e. The molecule has 2 atom stereocenters. The zero-order valence-electron chi connectivity index (χ0n) is 10.4. The Hall–Kier alpha value is -0.610. The average Bonchev–Trinajstić information content (AvgIpc) is 2.29. The van der Waals surface area contributed by atoms with E-state index in [1.807, 2.05) is 0 Å². The molecule has 1 heterocycles. The van der Waals surface area contributed by atoms with Crippen LogP contribution in [0, 0.1) is 5.92 Å². The molecule has 1 aliphatic rings. The van der Waals surface area contributed by atoms with Gasteiger partial charge in [0.2, 0.25) is 0 Å². The minimum atomic E-state index is -0.110. The highest BCUT2D eigenvalue weighted by Crippen LogP contribution is 2.18. The van der Waals surface area contributed by atoms with Gasteiger partial charge in [0, 0.05) is 19.0 Å². The van der Waals surface area contributed by atoms with Gasteiger partial charge in [0.05, 0.1) is 7.11 Å². The molecule has 0 aromatic heterocycles. The summed E-state index contributed by atoms with van der Waals surface area (Å²) in [6, 6.07) is 0.281. The van der Waals surface area contributed by atoms with Crippen molar-refractivity contribution in [1.82, 2.24) is 4.90 Å². The zero-order valence-corrected chi connectivity index (χ0v) is 10.4. The summed E-state index contributed by atoms with van der Waals surface area (Å²) in [6.45, 7) is 5.30. The lowest BCUT2D eigenvalue weighted by molar-refractivity contribution is -0.140. The summed E-state index contributed by atoms with van der Waals surface area (Å²) in [6.07, 6.45) is 3.88. The molecule has 4 nitrogen and oxygen atoms in total. The number of methoxy groups -OCH3 is 1. The largest absolute Gasteiger partial charge is 0.469 e. The first-order valence-electron chi connectivity index (χ1n) is 6.18. The van der Waals surface area contributed by atoms with Crippen LogP contribution in [0.3, 0.4) is 0 Å². The summed E-state index contributed by atoms with van der Waals surface area (Å²) in [4.78, 5) is 13.4. The molecule has 4 heteroatoms. The first-order chi connectivity index (χ1) is 7.63. The van der Waals surface area contributed by atoms with E-state index in [1.54, 1.807) is 0 Å². The van der Waals surface area contributed by atoms with Crippen LogP contribution < -0.4 is 5.73 Å². The van der Waals surface area contributed by atoms with E-state index >= 15 is 0 Å². The third kappa shape index (κ3) is 4.49. The van der Waals surface area contributed by atoms with E-state index in [4.69, 9.17) is 5.73 Å². The van der Waals surface area contributed by atoms with E-state index < -0.39 is 0 Å². The molecule has 1 aliphatic heterocycles. The van der Waals surface area contributed by atoms with Crippen LogP contribution in [0.2, 0.25) is 0 Å². The minimum Gasteiger partial charge on any atom is -0.469 e. The van der Waals surface area contributed by atoms with Gasteiger partial charge >= 0.3 is 5.97 Å². The number of rotatable bonds is 5. The molecule has 1 saturated heterocycles. The van der Waals surface area contributed by atoms with Crippen LogP contribution in [-0.4, -0.2) is 43.7 Å². The van der Waals surface area contributed by atoms with Crippen molar-refractivity contribution in [2.24, 2.45) is 11.7 Å². The van der Waals surface area contributed by atoms with Crippen molar-refractivity contribution in [3.8, 4) is 0 Å². The van der Waals surface area contributed by atoms with Gasteiger partial charge in [-0.05, 0) is 45.2 Å². The van der Waals surface area contributed by atoms with E-state index in [1.165, 1.54) is 20.0 Å². The molecule has 94 valence electrons. The van der Waals surface area contributed by atoms with Crippen LogP contribution in [0.25, 0.3) is 0 Å². The number of carbonyl (C=O) groups is 1. The maximum Gasteiger partial charge on any atom is 0.305 e. The Bertz CT molecular complexity index is 219. The number of carbonyl (C=O) groups excluding carboxylic acids is 1. The SMILES string of the molecule is COC(=O)CCCN1CCCC(C(C)N)C1. The highest BCUT2D eigenvalue weighted by Gasteiger charge is 2.22. The summed E-state index contributed by atoms with van der Waals surface area (Å²) in [5.74, 6) is 0.507. The Morgan fingerprint density at radius 3 is 3.00 bits per heavy atom. The third-order valence-corrected chi connectivity index (χ3v) is 3.37. The van der Waals surface area contributed by atoms with Gasteiger partial charge in [0.1, 0.15) is 0 Å². The van der Waals surface area contributed by atoms with Crippen LogP contribution in [0.15, 0.2) is 0 Å². The molecule has 2 N–H and O–H groups in total. The van der Waals surface area contributed by atoms with Gasteiger partial charge < -0.3 is 15.4 Å².